The van der Waals surface area contributed by atoms with E-state index in [4.69, 9.17) is 37.4 Å². The third-order valence-corrected chi connectivity index (χ3v) is 6.78. The molecule has 8 nitrogen and oxygen atoms in total. The summed E-state index contributed by atoms with van der Waals surface area (Å²) < 4.78 is 17.0. The van der Waals surface area contributed by atoms with E-state index in [2.05, 4.69) is 10.3 Å². The van der Waals surface area contributed by atoms with Gasteiger partial charge < -0.3 is 24.4 Å². The van der Waals surface area contributed by atoms with Crippen molar-refractivity contribution in [3.8, 4) is 11.5 Å². The molecule has 0 fully saturated rings. The van der Waals surface area contributed by atoms with Gasteiger partial charge in [0.2, 0.25) is 0 Å². The first-order chi connectivity index (χ1) is 17.8. The van der Waals surface area contributed by atoms with E-state index in [1.165, 1.54) is 11.8 Å². The van der Waals surface area contributed by atoms with Crippen LogP contribution in [0.3, 0.4) is 0 Å². The summed E-state index contributed by atoms with van der Waals surface area (Å²) in [6, 6.07) is 9.70. The number of carbonyl (C=O) groups excluding carboxylic acids is 2. The molecular weight excluding hydrogens is 537 g/mol. The zero-order valence-corrected chi connectivity index (χ0v) is 22.7. The highest BCUT2D eigenvalue weighted by atomic mass is 35.5. The number of thioether (sulfide) groups is 1. The third kappa shape index (κ3) is 6.06. The van der Waals surface area contributed by atoms with E-state index in [0.29, 0.717) is 45.1 Å². The van der Waals surface area contributed by atoms with Crippen LogP contribution in [-0.4, -0.2) is 41.8 Å². The predicted molar refractivity (Wildman–Crippen MR) is 146 cm³/mol. The van der Waals surface area contributed by atoms with Crippen molar-refractivity contribution < 1.29 is 23.8 Å². The molecular formula is C26H25Cl2N3O5S. The molecule has 2 heterocycles. The van der Waals surface area contributed by atoms with Gasteiger partial charge in [0, 0.05) is 11.2 Å². The van der Waals surface area contributed by atoms with Crippen LogP contribution in [0, 0.1) is 0 Å². The van der Waals surface area contributed by atoms with Gasteiger partial charge in [0.1, 0.15) is 0 Å². The summed E-state index contributed by atoms with van der Waals surface area (Å²) in [5.41, 5.74) is 2.27. The molecule has 2 aliphatic heterocycles. The zero-order valence-electron chi connectivity index (χ0n) is 20.4. The Morgan fingerprint density at radius 2 is 1.89 bits per heavy atom. The van der Waals surface area contributed by atoms with Crippen LogP contribution >= 0.6 is 35.0 Å². The van der Waals surface area contributed by atoms with E-state index in [9.17, 15) is 9.59 Å². The van der Waals surface area contributed by atoms with Crippen LogP contribution in [0.25, 0.3) is 0 Å². The number of amides is 1. The molecule has 4 rings (SSSR count). The Hall–Kier alpha value is -3.14. The highest BCUT2D eigenvalue weighted by molar-refractivity contribution is 8.16. The highest BCUT2D eigenvalue weighted by Gasteiger charge is 2.37. The number of fused-ring (bicyclic) bond motifs is 1. The highest BCUT2D eigenvalue weighted by Crippen LogP contribution is 2.43. The summed E-state index contributed by atoms with van der Waals surface area (Å²) in [6.45, 7) is 5.78. The van der Waals surface area contributed by atoms with E-state index in [1.807, 2.05) is 35.6 Å². The Balaban J connectivity index is 1.57. The zero-order chi connectivity index (χ0) is 26.5. The van der Waals surface area contributed by atoms with Crippen molar-refractivity contribution in [1.82, 2.24) is 4.90 Å². The topological polar surface area (TPSA) is 89.5 Å². The molecule has 0 bridgehead atoms. The molecule has 0 aliphatic carbocycles. The van der Waals surface area contributed by atoms with Crippen LogP contribution in [0.5, 0.6) is 11.5 Å². The first kappa shape index (κ1) is 26.9. The Morgan fingerprint density at radius 1 is 1.08 bits per heavy atom. The summed E-state index contributed by atoms with van der Waals surface area (Å²) in [6.07, 6.45) is 1.89. The SMILES string of the molecule is CCOC(=O)C1=C(C)N=C2SC=CN2[C@@H]1c1ccc(OCC(=O)Nc2ccc(Cl)cc2Cl)c(OCC)c1. The molecule has 2 aromatic carbocycles. The number of anilines is 1. The number of carbonyl (C=O) groups is 2. The Morgan fingerprint density at radius 3 is 2.62 bits per heavy atom. The van der Waals surface area contributed by atoms with Crippen LogP contribution in [0.15, 0.2) is 64.3 Å². The molecule has 1 amide bonds. The van der Waals surface area contributed by atoms with Crippen molar-refractivity contribution in [3.05, 3.63) is 74.9 Å². The molecule has 0 unspecified atom stereocenters. The van der Waals surface area contributed by atoms with E-state index in [0.717, 1.165) is 10.7 Å². The molecule has 1 N–H and O–H groups in total. The van der Waals surface area contributed by atoms with E-state index >= 15 is 0 Å². The van der Waals surface area contributed by atoms with Gasteiger partial charge in [0.25, 0.3) is 5.91 Å². The minimum absolute atomic E-state index is 0.254. The van der Waals surface area contributed by atoms with Crippen LogP contribution in [0.4, 0.5) is 5.69 Å². The van der Waals surface area contributed by atoms with Crippen LogP contribution < -0.4 is 14.8 Å². The summed E-state index contributed by atoms with van der Waals surface area (Å²) >= 11 is 13.5. The van der Waals surface area contributed by atoms with Gasteiger partial charge in [-0.25, -0.2) is 9.79 Å². The Bertz CT molecular complexity index is 1310. The van der Waals surface area contributed by atoms with Gasteiger partial charge in [0.05, 0.1) is 41.2 Å². The van der Waals surface area contributed by atoms with Crippen molar-refractivity contribution >= 4 is 57.7 Å². The van der Waals surface area contributed by atoms with Gasteiger partial charge in [-0.05, 0) is 62.1 Å². The molecule has 0 saturated heterocycles. The molecule has 2 aromatic rings. The van der Waals surface area contributed by atoms with E-state index in [-0.39, 0.29) is 13.2 Å². The summed E-state index contributed by atoms with van der Waals surface area (Å²) in [4.78, 5) is 31.9. The Kier molecular flexibility index (Phi) is 8.68. The maximum absolute atomic E-state index is 12.9. The van der Waals surface area contributed by atoms with Gasteiger partial charge in [-0.3, -0.25) is 4.79 Å². The molecule has 1 atom stereocenters. The molecule has 11 heteroatoms. The maximum Gasteiger partial charge on any atom is 0.338 e. The van der Waals surface area contributed by atoms with Crippen molar-refractivity contribution in [3.63, 3.8) is 0 Å². The van der Waals surface area contributed by atoms with Crippen LogP contribution in [0.2, 0.25) is 10.0 Å². The van der Waals surface area contributed by atoms with Crippen molar-refractivity contribution in [2.24, 2.45) is 4.99 Å². The fraction of sp³-hybridized carbons (Fsp3) is 0.269. The van der Waals surface area contributed by atoms with E-state index < -0.39 is 17.9 Å². The molecule has 0 radical (unpaired) electrons. The summed E-state index contributed by atoms with van der Waals surface area (Å²) in [7, 11) is 0. The van der Waals surface area contributed by atoms with Gasteiger partial charge in [-0.1, -0.05) is 41.0 Å². The molecule has 0 aromatic heterocycles. The number of esters is 1. The number of allylic oxidation sites excluding steroid dienone is 1. The first-order valence-electron chi connectivity index (χ1n) is 11.5. The van der Waals surface area contributed by atoms with Gasteiger partial charge in [0.15, 0.2) is 23.3 Å². The number of hydrogen-bond acceptors (Lipinski definition) is 8. The summed E-state index contributed by atoms with van der Waals surface area (Å²) in [5, 5.41) is 6.18. The lowest BCUT2D eigenvalue weighted by Gasteiger charge is -2.33. The van der Waals surface area contributed by atoms with Gasteiger partial charge in [-0.2, -0.15) is 0 Å². The number of ether oxygens (including phenoxy) is 3. The minimum Gasteiger partial charge on any atom is -0.490 e. The molecule has 2 aliphatic rings. The Labute approximate surface area is 229 Å². The van der Waals surface area contributed by atoms with Crippen LogP contribution in [-0.2, 0) is 14.3 Å². The molecule has 37 heavy (non-hydrogen) atoms. The molecule has 0 saturated carbocycles. The summed E-state index contributed by atoms with van der Waals surface area (Å²) in [5.74, 6) is 0.00985. The average Bonchev–Trinajstić information content (AvgIpc) is 3.32. The van der Waals surface area contributed by atoms with E-state index in [1.54, 1.807) is 38.1 Å². The third-order valence-electron chi connectivity index (χ3n) is 5.46. The second-order valence-electron chi connectivity index (χ2n) is 7.93. The predicted octanol–water partition coefficient (Wildman–Crippen LogP) is 6.18. The molecule has 0 spiro atoms. The van der Waals surface area contributed by atoms with Crippen molar-refractivity contribution in [1.29, 1.82) is 0 Å². The number of halogens is 2. The fourth-order valence-electron chi connectivity index (χ4n) is 3.90. The normalized spacial score (nSPS) is 16.3. The van der Waals surface area contributed by atoms with Crippen molar-refractivity contribution in [2.45, 2.75) is 26.8 Å². The van der Waals surface area contributed by atoms with Gasteiger partial charge in [-0.15, -0.1) is 0 Å². The lowest BCUT2D eigenvalue weighted by molar-refractivity contribution is -0.139. The minimum atomic E-state index is -0.457. The number of amidine groups is 1. The van der Waals surface area contributed by atoms with Crippen LogP contribution in [0.1, 0.15) is 32.4 Å². The lowest BCUT2D eigenvalue weighted by Crippen LogP contribution is -2.34. The van der Waals surface area contributed by atoms with Gasteiger partial charge >= 0.3 is 5.97 Å². The number of hydrogen-bond donors (Lipinski definition) is 1. The molecule has 194 valence electrons. The second-order valence-corrected chi connectivity index (χ2v) is 9.64. The fourth-order valence-corrected chi connectivity index (χ4v) is 5.15. The maximum atomic E-state index is 12.9. The lowest BCUT2D eigenvalue weighted by atomic mass is 9.94. The number of nitrogens with zero attached hydrogens (tertiary/aromatic N) is 2. The standard InChI is InChI=1S/C26H25Cl2N3O5S/c1-4-34-21-12-16(24-23(25(33)35-5-2)15(3)29-26-31(24)10-11-37-26)6-9-20(21)36-14-22(32)30-19-8-7-17(27)13-18(19)28/h6-13,24H,4-5,14H2,1-3H3,(H,30,32)/t24-/m1/s1. The smallest absolute Gasteiger partial charge is 0.338 e. The number of rotatable bonds is 9. The van der Waals surface area contributed by atoms with Crippen molar-refractivity contribution in [2.75, 3.05) is 25.1 Å². The first-order valence-corrected chi connectivity index (χ1v) is 13.2. The number of aliphatic imine (C=N–C) groups is 1. The second kappa shape index (κ2) is 11.9. The quantitative estimate of drug-likeness (QED) is 0.365. The number of benzene rings is 2. The monoisotopic (exact) mass is 561 g/mol. The number of nitrogens with one attached hydrogen (secondary N) is 1. The largest absolute Gasteiger partial charge is 0.490 e. The average molecular weight is 562 g/mol.